The summed E-state index contributed by atoms with van der Waals surface area (Å²) >= 11 is 0. The van der Waals surface area contributed by atoms with Crippen LogP contribution in [0.3, 0.4) is 0 Å². The molecule has 9 nitrogen and oxygen atoms in total. The average Bonchev–Trinajstić information content (AvgIpc) is 3.46. The Kier molecular flexibility index (Phi) is 6.38. The Morgan fingerprint density at radius 2 is 2.03 bits per heavy atom. The van der Waals surface area contributed by atoms with Crippen LogP contribution in [0.15, 0.2) is 36.7 Å². The van der Waals surface area contributed by atoms with Crippen molar-refractivity contribution in [3.63, 3.8) is 0 Å². The second kappa shape index (κ2) is 9.63. The van der Waals surface area contributed by atoms with Gasteiger partial charge in [-0.1, -0.05) is 0 Å². The number of ketones is 1. The lowest BCUT2D eigenvalue weighted by molar-refractivity contribution is -0.0502. The predicted octanol–water partition coefficient (Wildman–Crippen LogP) is 4.42. The van der Waals surface area contributed by atoms with Gasteiger partial charge in [-0.25, -0.2) is 9.78 Å². The van der Waals surface area contributed by atoms with Crippen LogP contribution in [-0.2, 0) is 4.74 Å². The third-order valence-corrected chi connectivity index (χ3v) is 6.22. The second-order valence-corrected chi connectivity index (χ2v) is 8.93. The van der Waals surface area contributed by atoms with Gasteiger partial charge in [0, 0.05) is 31.3 Å². The minimum atomic E-state index is -3.10. The molecule has 2 fully saturated rings. The molecule has 0 bridgehead atoms. The number of alkyl halides is 2. The van der Waals surface area contributed by atoms with Gasteiger partial charge < -0.3 is 23.8 Å². The lowest BCUT2D eigenvalue weighted by Gasteiger charge is -2.16. The van der Waals surface area contributed by atoms with Gasteiger partial charge in [0.1, 0.15) is 35.1 Å². The highest BCUT2D eigenvalue weighted by Crippen LogP contribution is 2.40. The fraction of sp³-hybridized carbons (Fsp3) is 0.400. The first kappa shape index (κ1) is 23.8. The summed E-state index contributed by atoms with van der Waals surface area (Å²) in [6.45, 7) is -2.46. The maximum absolute atomic E-state index is 13.2. The van der Waals surface area contributed by atoms with E-state index in [-0.39, 0.29) is 54.0 Å². The quantitative estimate of drug-likeness (QED) is 0.380. The van der Waals surface area contributed by atoms with Gasteiger partial charge in [0.2, 0.25) is 0 Å². The lowest BCUT2D eigenvalue weighted by Crippen LogP contribution is -2.23. The summed E-state index contributed by atoms with van der Waals surface area (Å²) in [5, 5.41) is 0. The number of halogens is 2. The van der Waals surface area contributed by atoms with E-state index < -0.39 is 6.61 Å². The maximum atomic E-state index is 13.2. The monoisotopic (exact) mass is 501 g/mol. The molecule has 11 heteroatoms. The molecule has 0 radical (unpaired) electrons. The molecule has 1 aliphatic heterocycles. The number of nitrogens with zero attached hydrogens (tertiary/aromatic N) is 3. The molecule has 1 unspecified atom stereocenters. The Bertz CT molecular complexity index is 1310. The standard InChI is InChI=1S/C25H25F2N3O6/c1-29-12-17(35-25(29)32)13-34-16-5-6-30-18(11-28-22(30)10-16)15-8-20(33-2)23(19(31)7-14-3-4-14)21(9-15)36-24(26)27/h5-6,8-11,14,17,24H,3-4,7,12-13H2,1-2H3. The Hall–Kier alpha value is -3.89. The minimum Gasteiger partial charge on any atom is -0.496 e. The summed E-state index contributed by atoms with van der Waals surface area (Å²) in [4.78, 5) is 30.2. The van der Waals surface area contributed by atoms with Crippen LogP contribution in [0.4, 0.5) is 13.6 Å². The molecule has 1 saturated carbocycles. The number of pyridine rings is 1. The van der Waals surface area contributed by atoms with E-state index in [0.29, 0.717) is 29.2 Å². The fourth-order valence-electron chi connectivity index (χ4n) is 4.24. The van der Waals surface area contributed by atoms with Crippen LogP contribution < -0.4 is 14.2 Å². The van der Waals surface area contributed by atoms with E-state index in [2.05, 4.69) is 4.98 Å². The van der Waals surface area contributed by atoms with Crippen molar-refractivity contribution < 1.29 is 37.3 Å². The number of hydrogen-bond acceptors (Lipinski definition) is 7. The van der Waals surface area contributed by atoms with E-state index in [0.717, 1.165) is 12.8 Å². The number of benzene rings is 1. The predicted molar refractivity (Wildman–Crippen MR) is 124 cm³/mol. The van der Waals surface area contributed by atoms with Crippen LogP contribution in [0, 0.1) is 5.92 Å². The zero-order chi connectivity index (χ0) is 25.4. The number of amides is 1. The number of rotatable bonds is 10. The summed E-state index contributed by atoms with van der Waals surface area (Å²) in [5.41, 5.74) is 1.65. The van der Waals surface area contributed by atoms with E-state index in [1.165, 1.54) is 18.1 Å². The largest absolute Gasteiger partial charge is 0.496 e. The summed E-state index contributed by atoms with van der Waals surface area (Å²) in [6.07, 6.45) is 4.73. The highest BCUT2D eigenvalue weighted by Gasteiger charge is 2.30. The first-order valence-electron chi connectivity index (χ1n) is 11.5. The Morgan fingerprint density at radius 3 is 2.69 bits per heavy atom. The summed E-state index contributed by atoms with van der Waals surface area (Å²) < 4.78 is 49.4. The summed E-state index contributed by atoms with van der Waals surface area (Å²) in [5.74, 6) is 0.468. The number of Topliss-reactive ketones (excluding diaryl/α,β-unsaturated/α-hetero) is 1. The molecular formula is C25H25F2N3O6. The van der Waals surface area contributed by atoms with Crippen molar-refractivity contribution >= 4 is 17.5 Å². The Labute approximate surface area is 205 Å². The van der Waals surface area contributed by atoms with Crippen LogP contribution in [0.25, 0.3) is 16.9 Å². The van der Waals surface area contributed by atoms with Crippen LogP contribution in [0.2, 0.25) is 0 Å². The zero-order valence-electron chi connectivity index (χ0n) is 19.8. The van der Waals surface area contributed by atoms with E-state index in [1.54, 1.807) is 42.0 Å². The highest BCUT2D eigenvalue weighted by atomic mass is 19.3. The number of methoxy groups -OCH3 is 1. The first-order valence-corrected chi connectivity index (χ1v) is 11.5. The molecule has 2 aromatic heterocycles. The van der Waals surface area contributed by atoms with Crippen molar-refractivity contribution in [2.24, 2.45) is 5.92 Å². The Morgan fingerprint density at radius 1 is 1.25 bits per heavy atom. The van der Waals surface area contributed by atoms with E-state index >= 15 is 0 Å². The Balaban J connectivity index is 1.43. The molecule has 0 N–H and O–H groups in total. The smallest absolute Gasteiger partial charge is 0.410 e. The van der Waals surface area contributed by atoms with Crippen molar-refractivity contribution in [2.75, 3.05) is 27.3 Å². The molecular weight excluding hydrogens is 476 g/mol. The minimum absolute atomic E-state index is 0.0243. The van der Waals surface area contributed by atoms with E-state index in [9.17, 15) is 18.4 Å². The number of likely N-dealkylation sites (N-methyl/N-ethyl adjacent to an activating group) is 1. The van der Waals surface area contributed by atoms with Crippen LogP contribution in [0.5, 0.6) is 17.2 Å². The highest BCUT2D eigenvalue weighted by molar-refractivity contribution is 6.02. The number of carbonyl (C=O) groups is 2. The normalized spacial score (nSPS) is 17.5. The third-order valence-electron chi connectivity index (χ3n) is 6.22. The zero-order valence-corrected chi connectivity index (χ0v) is 19.8. The van der Waals surface area contributed by atoms with E-state index in [1.807, 2.05) is 0 Å². The van der Waals surface area contributed by atoms with Gasteiger partial charge in [-0.15, -0.1) is 0 Å². The van der Waals surface area contributed by atoms with E-state index in [4.69, 9.17) is 18.9 Å². The number of imidazole rings is 1. The molecule has 5 rings (SSSR count). The maximum Gasteiger partial charge on any atom is 0.410 e. The van der Waals surface area contributed by atoms with Gasteiger partial charge in [-0.05, 0) is 37.0 Å². The third kappa shape index (κ3) is 4.91. The topological polar surface area (TPSA) is 91.6 Å². The van der Waals surface area contributed by atoms with Crippen LogP contribution in [-0.4, -0.2) is 66.2 Å². The number of fused-ring (bicyclic) bond motifs is 1. The number of carbonyl (C=O) groups excluding carboxylic acids is 2. The molecule has 1 atom stereocenters. The molecule has 0 spiro atoms. The second-order valence-electron chi connectivity index (χ2n) is 8.93. The van der Waals surface area contributed by atoms with Crippen molar-refractivity contribution in [1.29, 1.82) is 0 Å². The van der Waals surface area contributed by atoms with Crippen LogP contribution in [0.1, 0.15) is 29.6 Å². The van der Waals surface area contributed by atoms with Crippen molar-refractivity contribution in [3.8, 4) is 28.5 Å². The van der Waals surface area contributed by atoms with Crippen molar-refractivity contribution in [1.82, 2.24) is 14.3 Å². The van der Waals surface area contributed by atoms with Crippen molar-refractivity contribution in [3.05, 3.63) is 42.2 Å². The number of aromatic nitrogens is 2. The molecule has 1 aromatic carbocycles. The van der Waals surface area contributed by atoms with Crippen LogP contribution >= 0.6 is 0 Å². The molecule has 190 valence electrons. The van der Waals surface area contributed by atoms with Gasteiger partial charge >= 0.3 is 12.7 Å². The molecule has 1 aliphatic carbocycles. The molecule has 1 amide bonds. The van der Waals surface area contributed by atoms with Gasteiger partial charge in [0.15, 0.2) is 11.9 Å². The molecule has 3 heterocycles. The lowest BCUT2D eigenvalue weighted by atomic mass is 10.00. The number of ether oxygens (including phenoxy) is 4. The van der Waals surface area contributed by atoms with Gasteiger partial charge in [0.05, 0.1) is 25.5 Å². The van der Waals surface area contributed by atoms with Gasteiger partial charge in [0.25, 0.3) is 0 Å². The molecule has 1 saturated heterocycles. The first-order chi connectivity index (χ1) is 17.3. The number of cyclic esters (lactones) is 1. The van der Waals surface area contributed by atoms with Gasteiger partial charge in [-0.3, -0.25) is 9.20 Å². The average molecular weight is 501 g/mol. The molecule has 3 aromatic rings. The summed E-state index contributed by atoms with van der Waals surface area (Å²) in [7, 11) is 3.04. The fourth-order valence-corrected chi connectivity index (χ4v) is 4.24. The summed E-state index contributed by atoms with van der Waals surface area (Å²) in [6, 6.07) is 6.47. The molecule has 2 aliphatic rings. The van der Waals surface area contributed by atoms with Crippen molar-refractivity contribution in [2.45, 2.75) is 32.0 Å². The molecule has 36 heavy (non-hydrogen) atoms. The van der Waals surface area contributed by atoms with Gasteiger partial charge in [-0.2, -0.15) is 8.78 Å². The number of hydrogen-bond donors (Lipinski definition) is 0. The SMILES string of the molecule is COc1cc(-c2cnc3cc(OCC4CN(C)C(=O)O4)ccn23)cc(OC(F)F)c1C(=O)CC1CC1.